The standard InChI is InChI=1S/C58H36N2/c1-3-16-40(17-4-1)58(41-18-5-2-6-19-41)52-27-11-9-23-45(52)46-31-29-38(35-53(46)58)37-30-32-55-50(34-37)47-24-10-12-28-54(47)60(55)42-20-13-15-39(33-42)57-49-26-14-25-48-43-21-7-8-22-44(43)51(36-59-57)56(48)49/h1-36H. The predicted molar refractivity (Wildman–Crippen MR) is 249 cm³/mol. The van der Waals surface area contributed by atoms with Gasteiger partial charge in [-0.3, -0.25) is 4.98 Å². The highest BCUT2D eigenvalue weighted by Gasteiger charge is 2.46. The molecule has 0 spiro atoms. The van der Waals surface area contributed by atoms with Gasteiger partial charge in [0.25, 0.3) is 0 Å². The van der Waals surface area contributed by atoms with Gasteiger partial charge in [-0.25, -0.2) is 0 Å². The molecule has 13 rings (SSSR count). The van der Waals surface area contributed by atoms with Gasteiger partial charge in [0.15, 0.2) is 0 Å². The minimum absolute atomic E-state index is 0.445. The molecule has 278 valence electrons. The molecule has 9 aromatic carbocycles. The maximum absolute atomic E-state index is 5.15. The molecule has 2 heteroatoms. The quantitative estimate of drug-likeness (QED) is 0.171. The van der Waals surface area contributed by atoms with E-state index in [9.17, 15) is 0 Å². The number of fused-ring (bicyclic) bond motifs is 9. The normalized spacial score (nSPS) is 13.1. The van der Waals surface area contributed by atoms with Crippen molar-refractivity contribution in [1.29, 1.82) is 0 Å². The van der Waals surface area contributed by atoms with Crippen LogP contribution in [0.5, 0.6) is 0 Å². The highest BCUT2D eigenvalue weighted by molar-refractivity contribution is 6.18. The SMILES string of the molecule is c1ccc(C2(c3ccccc3)c3ccccc3-c3ccc(-c4ccc5c(c4)c4ccccc4n5-c4cccc(-c5ncc6c7c(cccc57)-c5ccccc5-6)c4)cc32)cc1. The number of benzene rings is 9. The largest absolute Gasteiger partial charge is 0.309 e. The zero-order valence-corrected chi connectivity index (χ0v) is 32.7. The van der Waals surface area contributed by atoms with Crippen molar-refractivity contribution in [3.8, 4) is 61.5 Å². The topological polar surface area (TPSA) is 17.8 Å². The molecule has 0 atom stereocenters. The van der Waals surface area contributed by atoms with E-state index in [1.807, 2.05) is 0 Å². The van der Waals surface area contributed by atoms with E-state index in [1.165, 1.54) is 99.3 Å². The van der Waals surface area contributed by atoms with Gasteiger partial charge in [0.2, 0.25) is 0 Å². The number of nitrogens with zero attached hydrogens (tertiary/aromatic N) is 2. The maximum atomic E-state index is 5.15. The second-order valence-electron chi connectivity index (χ2n) is 16.2. The minimum atomic E-state index is -0.445. The fraction of sp³-hybridized carbons (Fsp3) is 0.0172. The van der Waals surface area contributed by atoms with E-state index in [-0.39, 0.29) is 0 Å². The summed E-state index contributed by atoms with van der Waals surface area (Å²) < 4.78 is 2.42. The van der Waals surface area contributed by atoms with Crippen molar-refractivity contribution in [3.05, 3.63) is 241 Å². The molecule has 2 aliphatic carbocycles. The lowest BCUT2D eigenvalue weighted by Gasteiger charge is -2.34. The third kappa shape index (κ3) is 4.50. The van der Waals surface area contributed by atoms with Crippen molar-refractivity contribution in [3.63, 3.8) is 0 Å². The fourth-order valence-corrected chi connectivity index (χ4v) is 10.8. The zero-order chi connectivity index (χ0) is 39.4. The summed E-state index contributed by atoms with van der Waals surface area (Å²) in [5, 5.41) is 4.94. The van der Waals surface area contributed by atoms with Crippen molar-refractivity contribution in [2.24, 2.45) is 0 Å². The van der Waals surface area contributed by atoms with Crippen LogP contribution in [-0.2, 0) is 5.41 Å². The summed E-state index contributed by atoms with van der Waals surface area (Å²) in [6, 6.07) is 78.3. The van der Waals surface area contributed by atoms with Crippen LogP contribution >= 0.6 is 0 Å². The molecule has 2 aromatic heterocycles. The van der Waals surface area contributed by atoms with Gasteiger partial charge in [0.1, 0.15) is 0 Å². The van der Waals surface area contributed by atoms with E-state index in [0.29, 0.717) is 0 Å². The number of pyridine rings is 1. The Balaban J connectivity index is 0.972. The second kappa shape index (κ2) is 12.6. The van der Waals surface area contributed by atoms with Crippen LogP contribution in [0.1, 0.15) is 22.3 Å². The van der Waals surface area contributed by atoms with E-state index in [1.54, 1.807) is 0 Å². The molecule has 0 unspecified atom stereocenters. The summed E-state index contributed by atoms with van der Waals surface area (Å²) in [7, 11) is 0. The Hall–Kier alpha value is -7.81. The minimum Gasteiger partial charge on any atom is -0.309 e. The Bertz CT molecular complexity index is 3470. The highest BCUT2D eigenvalue weighted by atomic mass is 15.0. The Morgan fingerprint density at radius 1 is 0.350 bits per heavy atom. The van der Waals surface area contributed by atoms with Crippen molar-refractivity contribution in [2.45, 2.75) is 5.41 Å². The molecule has 0 bridgehead atoms. The molecule has 60 heavy (non-hydrogen) atoms. The van der Waals surface area contributed by atoms with Gasteiger partial charge in [-0.05, 0) is 97.6 Å². The van der Waals surface area contributed by atoms with Crippen molar-refractivity contribution in [1.82, 2.24) is 9.55 Å². The lowest BCUT2D eigenvalue weighted by Crippen LogP contribution is -2.28. The van der Waals surface area contributed by atoms with E-state index in [4.69, 9.17) is 4.98 Å². The molecule has 0 amide bonds. The van der Waals surface area contributed by atoms with Crippen LogP contribution in [0.25, 0.3) is 94.0 Å². The molecule has 2 aliphatic rings. The van der Waals surface area contributed by atoms with Crippen LogP contribution in [0.4, 0.5) is 0 Å². The molecule has 0 N–H and O–H groups in total. The Kier molecular flexibility index (Phi) is 6.97. The van der Waals surface area contributed by atoms with E-state index in [0.717, 1.165) is 16.9 Å². The molecule has 0 aliphatic heterocycles. The average molecular weight is 761 g/mol. The Morgan fingerprint density at radius 2 is 0.950 bits per heavy atom. The second-order valence-corrected chi connectivity index (χ2v) is 16.2. The third-order valence-electron chi connectivity index (χ3n) is 13.3. The van der Waals surface area contributed by atoms with Crippen LogP contribution in [0.3, 0.4) is 0 Å². The third-order valence-corrected chi connectivity index (χ3v) is 13.3. The van der Waals surface area contributed by atoms with E-state index < -0.39 is 5.41 Å². The molecule has 0 saturated carbocycles. The van der Waals surface area contributed by atoms with E-state index in [2.05, 4.69) is 223 Å². The van der Waals surface area contributed by atoms with Gasteiger partial charge in [0.05, 0.1) is 22.1 Å². The van der Waals surface area contributed by atoms with Gasteiger partial charge in [-0.1, -0.05) is 176 Å². The summed E-state index contributed by atoms with van der Waals surface area (Å²) in [5.74, 6) is 0. The van der Waals surface area contributed by atoms with E-state index >= 15 is 0 Å². The molecular weight excluding hydrogens is 725 g/mol. The molecule has 0 fully saturated rings. The van der Waals surface area contributed by atoms with Crippen molar-refractivity contribution < 1.29 is 0 Å². The summed E-state index contributed by atoms with van der Waals surface area (Å²) in [6.07, 6.45) is 2.07. The first-order valence-electron chi connectivity index (χ1n) is 20.8. The van der Waals surface area contributed by atoms with Crippen LogP contribution in [0, 0.1) is 0 Å². The number of hydrogen-bond acceptors (Lipinski definition) is 1. The predicted octanol–water partition coefficient (Wildman–Crippen LogP) is 14.7. The van der Waals surface area contributed by atoms with Gasteiger partial charge < -0.3 is 4.57 Å². The molecule has 11 aromatic rings. The summed E-state index contributed by atoms with van der Waals surface area (Å²) in [4.78, 5) is 5.15. The Morgan fingerprint density at radius 3 is 1.77 bits per heavy atom. The molecule has 0 radical (unpaired) electrons. The van der Waals surface area contributed by atoms with Crippen molar-refractivity contribution in [2.75, 3.05) is 0 Å². The first-order chi connectivity index (χ1) is 29.8. The van der Waals surface area contributed by atoms with Gasteiger partial charge in [-0.2, -0.15) is 0 Å². The van der Waals surface area contributed by atoms with Gasteiger partial charge >= 0.3 is 0 Å². The summed E-state index contributed by atoms with van der Waals surface area (Å²) in [6.45, 7) is 0. The van der Waals surface area contributed by atoms with Crippen LogP contribution in [0.15, 0.2) is 219 Å². The number of para-hydroxylation sites is 1. The molecular formula is C58H36N2. The summed E-state index contributed by atoms with van der Waals surface area (Å²) >= 11 is 0. The van der Waals surface area contributed by atoms with Crippen molar-refractivity contribution >= 4 is 32.6 Å². The zero-order valence-electron chi connectivity index (χ0n) is 32.7. The first-order valence-corrected chi connectivity index (χ1v) is 20.8. The monoisotopic (exact) mass is 760 g/mol. The Labute approximate surface area is 348 Å². The smallest absolute Gasteiger partial charge is 0.0781 e. The highest BCUT2D eigenvalue weighted by Crippen LogP contribution is 2.57. The average Bonchev–Trinajstić information content (AvgIpc) is 3.94. The van der Waals surface area contributed by atoms with Gasteiger partial charge in [0, 0.05) is 44.6 Å². The maximum Gasteiger partial charge on any atom is 0.0781 e. The lowest BCUT2D eigenvalue weighted by molar-refractivity contribution is 0.769. The fourth-order valence-electron chi connectivity index (χ4n) is 10.8. The number of aromatic nitrogens is 2. The molecule has 0 saturated heterocycles. The lowest BCUT2D eigenvalue weighted by atomic mass is 9.67. The molecule has 2 nitrogen and oxygen atoms in total. The summed E-state index contributed by atoms with van der Waals surface area (Å²) in [5.41, 5.74) is 20.4. The molecule has 2 heterocycles. The number of rotatable bonds is 5. The van der Waals surface area contributed by atoms with Crippen LogP contribution in [-0.4, -0.2) is 9.55 Å². The van der Waals surface area contributed by atoms with Crippen LogP contribution in [0.2, 0.25) is 0 Å². The van der Waals surface area contributed by atoms with Crippen LogP contribution < -0.4 is 0 Å². The van der Waals surface area contributed by atoms with Gasteiger partial charge in [-0.15, -0.1) is 0 Å². The number of hydrogen-bond donors (Lipinski definition) is 0. The first kappa shape index (κ1) is 33.2.